The van der Waals surface area contributed by atoms with Crippen molar-refractivity contribution in [2.45, 2.75) is 19.3 Å². The number of amidine groups is 1. The predicted molar refractivity (Wildman–Crippen MR) is 91.6 cm³/mol. The molecular weight excluding hydrogens is 296 g/mol. The zero-order valence-electron chi connectivity index (χ0n) is 12.9. The molecule has 0 amide bonds. The largest absolute Gasteiger partial charge is 0.492 e. The lowest BCUT2D eigenvalue weighted by atomic mass is 10.1. The van der Waals surface area contributed by atoms with Gasteiger partial charge in [0.25, 0.3) is 0 Å². The van der Waals surface area contributed by atoms with E-state index in [4.69, 9.17) is 10.00 Å². The molecule has 0 radical (unpaired) electrons. The third-order valence-electron chi connectivity index (χ3n) is 3.55. The van der Waals surface area contributed by atoms with Gasteiger partial charge in [-0.05, 0) is 56.5 Å². The second-order valence-corrected chi connectivity index (χ2v) is 5.90. The molecule has 0 unspecified atom stereocenters. The minimum atomic E-state index is 0.585. The number of hydrogen-bond acceptors (Lipinski definition) is 5. The lowest BCUT2D eigenvalue weighted by molar-refractivity contribution is 0.183. The number of nitrogens with zero attached hydrogens (tertiary/aromatic N) is 3. The average molecular weight is 318 g/mol. The van der Waals surface area contributed by atoms with E-state index in [0.29, 0.717) is 11.8 Å². The first-order chi connectivity index (χ1) is 10.8. The first kappa shape index (κ1) is 16.7. The predicted octanol–water partition coefficient (Wildman–Crippen LogP) is 2.97. The fraction of sp³-hybridized carbons (Fsp3) is 0.500. The van der Waals surface area contributed by atoms with Crippen LogP contribution in [0.4, 0.5) is 5.69 Å². The van der Waals surface area contributed by atoms with Crippen molar-refractivity contribution in [3.63, 3.8) is 0 Å². The molecule has 0 atom stereocenters. The summed E-state index contributed by atoms with van der Waals surface area (Å²) < 4.78 is 5.78. The summed E-state index contributed by atoms with van der Waals surface area (Å²) in [7, 11) is 0. The number of ether oxygens (including phenoxy) is 1. The molecule has 0 aliphatic carbocycles. The number of rotatable bonds is 5. The summed E-state index contributed by atoms with van der Waals surface area (Å²) in [5.41, 5.74) is 0.801. The van der Waals surface area contributed by atoms with Crippen LogP contribution in [-0.4, -0.2) is 42.6 Å². The highest BCUT2D eigenvalue weighted by Crippen LogP contribution is 2.19. The van der Waals surface area contributed by atoms with Crippen molar-refractivity contribution in [2.75, 3.05) is 32.5 Å². The number of nitriles is 1. The van der Waals surface area contributed by atoms with Gasteiger partial charge in [0.1, 0.15) is 12.4 Å². The molecule has 0 saturated carbocycles. The van der Waals surface area contributed by atoms with Gasteiger partial charge in [0.05, 0.1) is 5.69 Å². The van der Waals surface area contributed by atoms with Crippen LogP contribution in [0.15, 0.2) is 29.3 Å². The van der Waals surface area contributed by atoms with Gasteiger partial charge in [0.15, 0.2) is 11.4 Å². The molecule has 1 N–H and O–H groups in total. The summed E-state index contributed by atoms with van der Waals surface area (Å²) >= 11 is 1.40. The van der Waals surface area contributed by atoms with Crippen molar-refractivity contribution in [3.8, 4) is 11.9 Å². The van der Waals surface area contributed by atoms with Gasteiger partial charge in [0.2, 0.25) is 0 Å². The number of thioether (sulfide) groups is 1. The van der Waals surface area contributed by atoms with Crippen LogP contribution < -0.4 is 10.1 Å². The molecule has 6 heteroatoms. The van der Waals surface area contributed by atoms with Crippen molar-refractivity contribution in [1.29, 1.82) is 5.26 Å². The van der Waals surface area contributed by atoms with E-state index in [0.717, 1.165) is 18.0 Å². The van der Waals surface area contributed by atoms with Crippen LogP contribution >= 0.6 is 11.8 Å². The normalized spacial score (nSPS) is 16.1. The summed E-state index contributed by atoms with van der Waals surface area (Å²) in [6.45, 7) is 4.10. The van der Waals surface area contributed by atoms with Gasteiger partial charge in [0, 0.05) is 6.54 Å². The third-order valence-corrected chi connectivity index (χ3v) is 4.13. The van der Waals surface area contributed by atoms with Crippen molar-refractivity contribution < 1.29 is 4.74 Å². The molecule has 1 heterocycles. The van der Waals surface area contributed by atoms with Crippen molar-refractivity contribution in [2.24, 2.45) is 4.99 Å². The monoisotopic (exact) mass is 318 g/mol. The van der Waals surface area contributed by atoms with Crippen LogP contribution in [0.3, 0.4) is 0 Å². The van der Waals surface area contributed by atoms with Gasteiger partial charge in [-0.3, -0.25) is 10.2 Å². The second kappa shape index (κ2) is 9.34. The quantitative estimate of drug-likeness (QED) is 0.391. The minimum absolute atomic E-state index is 0.585. The molecule has 1 aliphatic rings. The molecule has 1 aliphatic heterocycles. The molecule has 0 spiro atoms. The van der Waals surface area contributed by atoms with Gasteiger partial charge in [-0.2, -0.15) is 5.26 Å². The molecule has 5 nitrogen and oxygen atoms in total. The van der Waals surface area contributed by atoms with E-state index < -0.39 is 0 Å². The van der Waals surface area contributed by atoms with Crippen LogP contribution in [0, 0.1) is 11.5 Å². The lowest BCUT2D eigenvalue weighted by Crippen LogP contribution is -2.33. The molecule has 1 fully saturated rings. The SMILES string of the molecule is CSC(=Nc1ccc(OCCN2CCCCC2)cc1)NC#N. The Kier molecular flexibility index (Phi) is 7.07. The number of piperidine rings is 1. The maximum atomic E-state index is 8.62. The van der Waals surface area contributed by atoms with E-state index >= 15 is 0 Å². The molecule has 22 heavy (non-hydrogen) atoms. The van der Waals surface area contributed by atoms with Crippen LogP contribution in [0.1, 0.15) is 19.3 Å². The van der Waals surface area contributed by atoms with Gasteiger partial charge < -0.3 is 4.74 Å². The number of benzene rings is 1. The van der Waals surface area contributed by atoms with Gasteiger partial charge in [-0.25, -0.2) is 4.99 Å². The molecule has 1 aromatic rings. The topological polar surface area (TPSA) is 60.6 Å². The highest BCUT2D eigenvalue weighted by Gasteiger charge is 2.09. The minimum Gasteiger partial charge on any atom is -0.492 e. The van der Waals surface area contributed by atoms with E-state index in [9.17, 15) is 0 Å². The Morgan fingerprint density at radius 1 is 1.32 bits per heavy atom. The second-order valence-electron chi connectivity index (χ2n) is 5.10. The number of hydrogen-bond donors (Lipinski definition) is 1. The molecule has 2 rings (SSSR count). The smallest absolute Gasteiger partial charge is 0.183 e. The molecular formula is C16H22N4OS. The highest BCUT2D eigenvalue weighted by atomic mass is 32.2. The van der Waals surface area contributed by atoms with Gasteiger partial charge >= 0.3 is 0 Å². The fourth-order valence-corrected chi connectivity index (χ4v) is 2.73. The summed E-state index contributed by atoms with van der Waals surface area (Å²) in [6.07, 6.45) is 7.73. The lowest BCUT2D eigenvalue weighted by Gasteiger charge is -2.26. The maximum absolute atomic E-state index is 8.62. The van der Waals surface area contributed by atoms with E-state index in [2.05, 4.69) is 15.2 Å². The van der Waals surface area contributed by atoms with Crippen LogP contribution in [0.2, 0.25) is 0 Å². The number of nitrogens with one attached hydrogen (secondary N) is 1. The van der Waals surface area contributed by atoms with Crippen molar-refractivity contribution >= 4 is 22.6 Å². The van der Waals surface area contributed by atoms with E-state index in [1.165, 1.54) is 44.1 Å². The summed E-state index contributed by atoms with van der Waals surface area (Å²) in [5, 5.41) is 11.7. The van der Waals surface area contributed by atoms with E-state index in [-0.39, 0.29) is 0 Å². The summed E-state index contributed by atoms with van der Waals surface area (Å²) in [4.78, 5) is 6.80. The maximum Gasteiger partial charge on any atom is 0.183 e. The van der Waals surface area contributed by atoms with Crippen molar-refractivity contribution in [1.82, 2.24) is 10.2 Å². The van der Waals surface area contributed by atoms with Crippen LogP contribution in [0.5, 0.6) is 5.75 Å². The zero-order valence-corrected chi connectivity index (χ0v) is 13.7. The van der Waals surface area contributed by atoms with Gasteiger partial charge in [-0.15, -0.1) is 0 Å². The zero-order chi connectivity index (χ0) is 15.6. The van der Waals surface area contributed by atoms with Crippen LogP contribution in [-0.2, 0) is 0 Å². The number of aliphatic imine (C=N–C) groups is 1. The Morgan fingerprint density at radius 3 is 2.68 bits per heavy atom. The van der Waals surface area contributed by atoms with E-state index in [1.807, 2.05) is 36.7 Å². The van der Waals surface area contributed by atoms with Crippen LogP contribution in [0.25, 0.3) is 0 Å². The first-order valence-electron chi connectivity index (χ1n) is 7.55. The third kappa shape index (κ3) is 5.58. The van der Waals surface area contributed by atoms with Crippen molar-refractivity contribution in [3.05, 3.63) is 24.3 Å². The summed E-state index contributed by atoms with van der Waals surface area (Å²) in [6, 6.07) is 7.62. The Morgan fingerprint density at radius 2 is 2.05 bits per heavy atom. The highest BCUT2D eigenvalue weighted by molar-refractivity contribution is 8.13. The Hall–Kier alpha value is -1.71. The molecule has 1 saturated heterocycles. The van der Waals surface area contributed by atoms with E-state index in [1.54, 1.807) is 0 Å². The Balaban J connectivity index is 1.80. The average Bonchev–Trinajstić information content (AvgIpc) is 2.57. The fourth-order valence-electron chi connectivity index (χ4n) is 2.38. The number of likely N-dealkylation sites (tertiary alicyclic amines) is 1. The Labute approximate surface area is 136 Å². The molecule has 1 aromatic carbocycles. The van der Waals surface area contributed by atoms with Gasteiger partial charge in [-0.1, -0.05) is 18.2 Å². The molecule has 0 aromatic heterocycles. The first-order valence-corrected chi connectivity index (χ1v) is 8.77. The molecule has 0 bridgehead atoms. The summed E-state index contributed by atoms with van der Waals surface area (Å²) in [5.74, 6) is 0.856. The standard InChI is InChI=1S/C16H22N4OS/c1-22-16(18-13-17)19-14-5-7-15(8-6-14)21-12-11-20-9-3-2-4-10-20/h5-8H,2-4,9-12H2,1H3,(H,18,19). The molecule has 118 valence electrons. The Bertz CT molecular complexity index is 518.